The van der Waals surface area contributed by atoms with Crippen LogP contribution in [0.1, 0.15) is 50.2 Å². The van der Waals surface area contributed by atoms with E-state index in [4.69, 9.17) is 4.74 Å². The smallest absolute Gasteiger partial charge is 0.223 e. The van der Waals surface area contributed by atoms with Gasteiger partial charge in [0.2, 0.25) is 5.91 Å². The number of ether oxygens (including phenoxy) is 1. The van der Waals surface area contributed by atoms with Gasteiger partial charge in [-0.15, -0.1) is 0 Å². The van der Waals surface area contributed by atoms with Gasteiger partial charge in [0.25, 0.3) is 0 Å². The Morgan fingerprint density at radius 3 is 2.75 bits per heavy atom. The molecule has 0 unspecified atom stereocenters. The number of rotatable bonds is 9. The van der Waals surface area contributed by atoms with Crippen LogP contribution in [-0.4, -0.2) is 30.5 Å². The lowest BCUT2D eigenvalue weighted by Gasteiger charge is -2.22. The molecule has 1 aliphatic carbocycles. The molecule has 0 spiro atoms. The van der Waals surface area contributed by atoms with Crippen LogP contribution in [0, 0.1) is 5.92 Å². The van der Waals surface area contributed by atoms with Crippen LogP contribution in [0.5, 0.6) is 5.75 Å². The zero-order chi connectivity index (χ0) is 19.8. The molecule has 0 saturated heterocycles. The van der Waals surface area contributed by atoms with E-state index in [2.05, 4.69) is 46.2 Å². The summed E-state index contributed by atoms with van der Waals surface area (Å²) in [5.41, 5.74) is 2.58. The van der Waals surface area contributed by atoms with Gasteiger partial charge >= 0.3 is 0 Å². The van der Waals surface area contributed by atoms with Gasteiger partial charge in [-0.1, -0.05) is 31.4 Å². The third-order valence-corrected chi connectivity index (χ3v) is 5.99. The zero-order valence-corrected chi connectivity index (χ0v) is 17.8. The fourth-order valence-corrected chi connectivity index (χ4v) is 4.47. The fraction of sp³-hybridized carbons (Fsp3) is 0.522. The summed E-state index contributed by atoms with van der Waals surface area (Å²) in [6.45, 7) is 4.38. The molecule has 0 bridgehead atoms. The number of benzene rings is 1. The van der Waals surface area contributed by atoms with Crippen molar-refractivity contribution in [1.29, 1.82) is 0 Å². The SMILES string of the molecule is C[C@@H](CNC(=O)C1CCCCC1)Oc1cccc(CN(C)Cc2ccsc2)c1. The molecule has 5 heteroatoms. The average molecular weight is 401 g/mol. The number of nitrogens with one attached hydrogen (secondary N) is 1. The molecule has 1 aromatic heterocycles. The van der Waals surface area contributed by atoms with Gasteiger partial charge in [-0.3, -0.25) is 9.69 Å². The van der Waals surface area contributed by atoms with Gasteiger partial charge in [-0.25, -0.2) is 0 Å². The monoisotopic (exact) mass is 400 g/mol. The summed E-state index contributed by atoms with van der Waals surface area (Å²) in [4.78, 5) is 14.6. The molecule has 152 valence electrons. The maximum absolute atomic E-state index is 12.3. The average Bonchev–Trinajstić information content (AvgIpc) is 3.20. The summed E-state index contributed by atoms with van der Waals surface area (Å²) in [5, 5.41) is 7.38. The van der Waals surface area contributed by atoms with E-state index in [1.165, 1.54) is 30.4 Å². The minimum atomic E-state index is -0.0497. The second-order valence-electron chi connectivity index (χ2n) is 7.96. The fourth-order valence-electron chi connectivity index (χ4n) is 3.81. The number of hydrogen-bond acceptors (Lipinski definition) is 4. The molecule has 4 nitrogen and oxygen atoms in total. The molecule has 0 aliphatic heterocycles. The molecule has 1 fully saturated rings. The van der Waals surface area contributed by atoms with E-state index in [0.29, 0.717) is 6.54 Å². The summed E-state index contributed by atoms with van der Waals surface area (Å²) in [6, 6.07) is 10.4. The van der Waals surface area contributed by atoms with Crippen molar-refractivity contribution >= 4 is 17.2 Å². The Labute approximate surface area is 172 Å². The molecule has 2 aromatic rings. The van der Waals surface area contributed by atoms with Crippen LogP contribution in [-0.2, 0) is 17.9 Å². The molecule has 1 N–H and O–H groups in total. The second kappa shape index (κ2) is 10.6. The Bertz CT molecular complexity index is 726. The van der Waals surface area contributed by atoms with E-state index in [9.17, 15) is 4.79 Å². The van der Waals surface area contributed by atoms with Gasteiger partial charge in [0.1, 0.15) is 11.9 Å². The number of carbonyl (C=O) groups is 1. The summed E-state index contributed by atoms with van der Waals surface area (Å²) < 4.78 is 6.05. The molecule has 1 aliphatic rings. The molecule has 1 amide bonds. The maximum Gasteiger partial charge on any atom is 0.223 e. The molecule has 1 aromatic carbocycles. The van der Waals surface area contributed by atoms with Crippen LogP contribution in [0.15, 0.2) is 41.1 Å². The van der Waals surface area contributed by atoms with Crippen LogP contribution in [0.3, 0.4) is 0 Å². The molecule has 0 radical (unpaired) electrons. The Morgan fingerprint density at radius 2 is 2.00 bits per heavy atom. The van der Waals surface area contributed by atoms with Gasteiger partial charge < -0.3 is 10.1 Å². The van der Waals surface area contributed by atoms with Crippen LogP contribution < -0.4 is 10.1 Å². The first-order chi connectivity index (χ1) is 13.6. The van der Waals surface area contributed by atoms with Gasteiger partial charge in [0, 0.05) is 19.0 Å². The molecule has 1 atom stereocenters. The standard InChI is InChI=1S/C23H32N2O2S/c1-18(14-24-23(26)21-8-4-3-5-9-21)27-22-10-6-7-19(13-22)15-25(2)16-20-11-12-28-17-20/h6-7,10-13,17-18,21H,3-5,8-9,14-16H2,1-2H3,(H,24,26)/t18-/m0/s1. The summed E-state index contributed by atoms with van der Waals surface area (Å²) in [6.07, 6.45) is 5.63. The van der Waals surface area contributed by atoms with E-state index in [-0.39, 0.29) is 17.9 Å². The quantitative estimate of drug-likeness (QED) is 0.655. The summed E-state index contributed by atoms with van der Waals surface area (Å²) in [5.74, 6) is 1.25. The Morgan fingerprint density at radius 1 is 1.21 bits per heavy atom. The highest BCUT2D eigenvalue weighted by molar-refractivity contribution is 7.07. The van der Waals surface area contributed by atoms with Crippen molar-refractivity contribution in [3.8, 4) is 5.75 Å². The predicted octanol–water partition coefficient (Wildman–Crippen LogP) is 4.84. The van der Waals surface area contributed by atoms with Gasteiger partial charge in [0.15, 0.2) is 0 Å². The molecule has 3 rings (SSSR count). The van der Waals surface area contributed by atoms with E-state index in [0.717, 1.165) is 31.7 Å². The van der Waals surface area contributed by atoms with Gasteiger partial charge in [-0.2, -0.15) is 11.3 Å². The van der Waals surface area contributed by atoms with E-state index < -0.39 is 0 Å². The first kappa shape index (κ1) is 20.9. The van der Waals surface area contributed by atoms with Crippen LogP contribution >= 0.6 is 11.3 Å². The third-order valence-electron chi connectivity index (χ3n) is 5.26. The first-order valence-electron chi connectivity index (χ1n) is 10.3. The largest absolute Gasteiger partial charge is 0.489 e. The third kappa shape index (κ3) is 6.64. The highest BCUT2D eigenvalue weighted by Gasteiger charge is 2.21. The normalized spacial score (nSPS) is 16.1. The highest BCUT2D eigenvalue weighted by atomic mass is 32.1. The molecule has 28 heavy (non-hydrogen) atoms. The molecule has 1 saturated carbocycles. The number of hydrogen-bond donors (Lipinski definition) is 1. The van der Waals surface area contributed by atoms with Crippen LogP contribution in [0.25, 0.3) is 0 Å². The summed E-state index contributed by atoms with van der Waals surface area (Å²) >= 11 is 1.74. The minimum absolute atomic E-state index is 0.0497. The topological polar surface area (TPSA) is 41.6 Å². The predicted molar refractivity (Wildman–Crippen MR) is 116 cm³/mol. The van der Waals surface area contributed by atoms with E-state index in [1.54, 1.807) is 11.3 Å². The summed E-state index contributed by atoms with van der Waals surface area (Å²) in [7, 11) is 2.13. The van der Waals surface area contributed by atoms with Crippen LogP contribution in [0.4, 0.5) is 0 Å². The lowest BCUT2D eigenvalue weighted by molar-refractivity contribution is -0.126. The van der Waals surface area contributed by atoms with E-state index >= 15 is 0 Å². The van der Waals surface area contributed by atoms with Crippen molar-refractivity contribution in [3.63, 3.8) is 0 Å². The highest BCUT2D eigenvalue weighted by Crippen LogP contribution is 2.23. The lowest BCUT2D eigenvalue weighted by atomic mass is 9.89. The van der Waals surface area contributed by atoms with Gasteiger partial charge in [-0.05, 0) is 66.9 Å². The van der Waals surface area contributed by atoms with Gasteiger partial charge in [0.05, 0.1) is 6.54 Å². The number of thiophene rings is 1. The molecule has 1 heterocycles. The number of amides is 1. The van der Waals surface area contributed by atoms with Crippen molar-refractivity contribution in [3.05, 3.63) is 52.2 Å². The van der Waals surface area contributed by atoms with Crippen molar-refractivity contribution < 1.29 is 9.53 Å². The number of carbonyl (C=O) groups excluding carboxylic acids is 1. The lowest BCUT2D eigenvalue weighted by Crippen LogP contribution is -2.38. The zero-order valence-electron chi connectivity index (χ0n) is 17.0. The Balaban J connectivity index is 1.44. The maximum atomic E-state index is 12.3. The van der Waals surface area contributed by atoms with Crippen LogP contribution in [0.2, 0.25) is 0 Å². The Hall–Kier alpha value is -1.85. The van der Waals surface area contributed by atoms with E-state index in [1.807, 2.05) is 19.1 Å². The Kier molecular flexibility index (Phi) is 7.92. The van der Waals surface area contributed by atoms with Crippen molar-refractivity contribution in [2.24, 2.45) is 5.92 Å². The van der Waals surface area contributed by atoms with Crippen molar-refractivity contribution in [1.82, 2.24) is 10.2 Å². The molecular weight excluding hydrogens is 368 g/mol. The first-order valence-corrected chi connectivity index (χ1v) is 11.3. The van der Waals surface area contributed by atoms with Crippen molar-refractivity contribution in [2.75, 3.05) is 13.6 Å². The molecular formula is C23H32N2O2S. The minimum Gasteiger partial charge on any atom is -0.489 e. The second-order valence-corrected chi connectivity index (χ2v) is 8.74. The van der Waals surface area contributed by atoms with Crippen molar-refractivity contribution in [2.45, 2.75) is 58.2 Å². The number of nitrogens with zero attached hydrogens (tertiary/aromatic N) is 1.